The Morgan fingerprint density at radius 1 is 1.30 bits per heavy atom. The third-order valence-corrected chi connectivity index (χ3v) is 4.19. The number of nitrogens with one attached hydrogen (secondary N) is 1. The van der Waals surface area contributed by atoms with Crippen molar-refractivity contribution in [3.63, 3.8) is 0 Å². The predicted molar refractivity (Wildman–Crippen MR) is 82.2 cm³/mol. The summed E-state index contributed by atoms with van der Waals surface area (Å²) < 4.78 is 1.02. The molecule has 3 nitrogen and oxygen atoms in total. The number of halogens is 2. The summed E-state index contributed by atoms with van der Waals surface area (Å²) in [7, 11) is 0. The molecule has 5 heteroatoms. The maximum absolute atomic E-state index is 11.9. The number of hydrogen-bond donors (Lipinski definition) is 1. The minimum Gasteiger partial charge on any atom is -1.00 e. The summed E-state index contributed by atoms with van der Waals surface area (Å²) in [5.74, 6) is 0.939. The monoisotopic (exact) mass is 359 g/mol. The van der Waals surface area contributed by atoms with Crippen LogP contribution in [-0.4, -0.2) is 30.4 Å². The van der Waals surface area contributed by atoms with E-state index in [-0.39, 0.29) is 18.3 Å². The fourth-order valence-electron chi connectivity index (χ4n) is 2.30. The first kappa shape index (κ1) is 17.5. The first-order chi connectivity index (χ1) is 9.13. The molecular weight excluding hydrogens is 340 g/mol. The van der Waals surface area contributed by atoms with Crippen molar-refractivity contribution in [2.75, 3.05) is 25.0 Å². The lowest BCUT2D eigenvalue weighted by Crippen LogP contribution is -3.00. The highest BCUT2D eigenvalue weighted by molar-refractivity contribution is 9.10. The van der Waals surface area contributed by atoms with Gasteiger partial charge in [-0.1, -0.05) is 22.9 Å². The second-order valence-corrected chi connectivity index (χ2v) is 6.24. The molecule has 1 heterocycles. The van der Waals surface area contributed by atoms with Crippen LogP contribution in [-0.2, 0) is 4.79 Å². The van der Waals surface area contributed by atoms with Gasteiger partial charge in [-0.15, -0.1) is 0 Å². The molecule has 0 aromatic heterocycles. The molecule has 0 atom stereocenters. The number of hydrogen-bond acceptors (Lipinski definition) is 2. The molecule has 1 fully saturated rings. The standard InChI is InChI=1S/C15H21BrN2O.ClH/c1-12-6-9-18(10-7-12)11-8-15(19)17-14-4-2-13(16)3-5-14;/h2-5,12H,6-11H2,1H3,(H,17,19);1H/p-1. The van der Waals surface area contributed by atoms with Gasteiger partial charge in [0, 0.05) is 23.1 Å². The van der Waals surface area contributed by atoms with Gasteiger partial charge in [0.15, 0.2) is 0 Å². The van der Waals surface area contributed by atoms with Gasteiger partial charge >= 0.3 is 0 Å². The number of carbonyl (C=O) groups excluding carboxylic acids is 1. The number of benzene rings is 1. The lowest BCUT2D eigenvalue weighted by molar-refractivity contribution is -0.116. The molecule has 1 saturated heterocycles. The van der Waals surface area contributed by atoms with E-state index in [2.05, 4.69) is 33.1 Å². The zero-order chi connectivity index (χ0) is 13.7. The number of anilines is 1. The Morgan fingerprint density at radius 2 is 1.90 bits per heavy atom. The minimum atomic E-state index is 0. The van der Waals surface area contributed by atoms with Crippen LogP contribution in [0.15, 0.2) is 28.7 Å². The highest BCUT2D eigenvalue weighted by Gasteiger charge is 2.16. The highest BCUT2D eigenvalue weighted by atomic mass is 79.9. The summed E-state index contributed by atoms with van der Waals surface area (Å²) >= 11 is 3.38. The summed E-state index contributed by atoms with van der Waals surface area (Å²) in [4.78, 5) is 14.2. The van der Waals surface area contributed by atoms with Crippen molar-refractivity contribution >= 4 is 27.5 Å². The molecular formula is C15H21BrClN2O-. The topological polar surface area (TPSA) is 32.3 Å². The van der Waals surface area contributed by atoms with Gasteiger partial charge in [-0.25, -0.2) is 0 Å². The van der Waals surface area contributed by atoms with Gasteiger partial charge in [0.05, 0.1) is 0 Å². The van der Waals surface area contributed by atoms with Crippen LogP contribution >= 0.6 is 15.9 Å². The molecule has 1 aliphatic rings. The zero-order valence-electron chi connectivity index (χ0n) is 11.7. The van der Waals surface area contributed by atoms with E-state index in [1.807, 2.05) is 24.3 Å². The Balaban J connectivity index is 0.00000200. The van der Waals surface area contributed by atoms with Gasteiger partial charge < -0.3 is 22.6 Å². The van der Waals surface area contributed by atoms with E-state index in [1.54, 1.807) is 0 Å². The van der Waals surface area contributed by atoms with Crippen LogP contribution < -0.4 is 17.7 Å². The summed E-state index contributed by atoms with van der Waals surface area (Å²) in [5, 5.41) is 2.93. The molecule has 20 heavy (non-hydrogen) atoms. The van der Waals surface area contributed by atoms with Crippen molar-refractivity contribution in [3.05, 3.63) is 28.7 Å². The van der Waals surface area contributed by atoms with E-state index in [4.69, 9.17) is 0 Å². The Hall–Kier alpha value is -0.580. The number of piperidine rings is 1. The Kier molecular flexibility index (Phi) is 7.56. The highest BCUT2D eigenvalue weighted by Crippen LogP contribution is 2.17. The Bertz CT molecular complexity index is 416. The molecule has 112 valence electrons. The fraction of sp³-hybridized carbons (Fsp3) is 0.533. The molecule has 0 spiro atoms. The molecule has 1 amide bonds. The lowest BCUT2D eigenvalue weighted by Gasteiger charge is -2.29. The van der Waals surface area contributed by atoms with Crippen LogP contribution in [0.25, 0.3) is 0 Å². The second kappa shape index (κ2) is 8.65. The fourth-order valence-corrected chi connectivity index (χ4v) is 2.57. The largest absolute Gasteiger partial charge is 1.00 e. The summed E-state index contributed by atoms with van der Waals surface area (Å²) in [6, 6.07) is 7.68. The van der Waals surface area contributed by atoms with Gasteiger partial charge in [-0.05, 0) is 56.1 Å². The molecule has 1 aromatic carbocycles. The molecule has 1 N–H and O–H groups in total. The van der Waals surface area contributed by atoms with E-state index in [9.17, 15) is 4.79 Å². The summed E-state index contributed by atoms with van der Waals surface area (Å²) in [5.41, 5.74) is 0.862. The van der Waals surface area contributed by atoms with Gasteiger partial charge in [0.1, 0.15) is 0 Å². The van der Waals surface area contributed by atoms with E-state index >= 15 is 0 Å². The van der Waals surface area contributed by atoms with Gasteiger partial charge in [-0.3, -0.25) is 4.79 Å². The van der Waals surface area contributed by atoms with Crippen molar-refractivity contribution in [2.45, 2.75) is 26.2 Å². The zero-order valence-corrected chi connectivity index (χ0v) is 14.1. The Morgan fingerprint density at radius 3 is 2.50 bits per heavy atom. The van der Waals surface area contributed by atoms with E-state index < -0.39 is 0 Å². The maximum atomic E-state index is 11.9. The maximum Gasteiger partial charge on any atom is 0.225 e. The van der Waals surface area contributed by atoms with Crippen LogP contribution in [0.4, 0.5) is 5.69 Å². The molecule has 1 aliphatic heterocycles. The van der Waals surface area contributed by atoms with Crippen molar-refractivity contribution in [2.24, 2.45) is 5.92 Å². The van der Waals surface area contributed by atoms with Crippen molar-refractivity contribution in [1.29, 1.82) is 0 Å². The molecule has 2 rings (SSSR count). The number of amides is 1. The summed E-state index contributed by atoms with van der Waals surface area (Å²) in [6.45, 7) is 5.44. The van der Waals surface area contributed by atoms with Gasteiger partial charge in [-0.2, -0.15) is 0 Å². The van der Waals surface area contributed by atoms with Crippen molar-refractivity contribution in [3.8, 4) is 0 Å². The van der Waals surface area contributed by atoms with Crippen LogP contribution in [0, 0.1) is 5.92 Å². The number of carbonyl (C=O) groups is 1. The predicted octanol–water partition coefficient (Wildman–Crippen LogP) is 0.514. The molecule has 0 saturated carbocycles. The molecule has 0 aliphatic carbocycles. The van der Waals surface area contributed by atoms with Crippen molar-refractivity contribution < 1.29 is 17.2 Å². The number of likely N-dealkylation sites (tertiary alicyclic amines) is 1. The summed E-state index contributed by atoms with van der Waals surface area (Å²) in [6.07, 6.45) is 3.09. The van der Waals surface area contributed by atoms with Crippen LogP contribution in [0.2, 0.25) is 0 Å². The van der Waals surface area contributed by atoms with E-state index in [1.165, 1.54) is 12.8 Å². The first-order valence-corrected chi connectivity index (χ1v) is 7.70. The minimum absolute atomic E-state index is 0. The van der Waals surface area contributed by atoms with E-state index in [0.717, 1.165) is 35.7 Å². The second-order valence-electron chi connectivity index (χ2n) is 5.33. The molecule has 0 radical (unpaired) electrons. The number of nitrogens with zero attached hydrogens (tertiary/aromatic N) is 1. The molecule has 1 aromatic rings. The van der Waals surface area contributed by atoms with Crippen molar-refractivity contribution in [1.82, 2.24) is 4.90 Å². The molecule has 0 unspecified atom stereocenters. The average molecular weight is 361 g/mol. The average Bonchev–Trinajstić information content (AvgIpc) is 2.41. The lowest BCUT2D eigenvalue weighted by atomic mass is 9.99. The van der Waals surface area contributed by atoms with Gasteiger partial charge in [0.2, 0.25) is 5.91 Å². The third-order valence-electron chi connectivity index (χ3n) is 3.66. The Labute approximate surface area is 135 Å². The van der Waals surface area contributed by atoms with Gasteiger partial charge in [0.25, 0.3) is 0 Å². The third kappa shape index (κ3) is 5.81. The smallest absolute Gasteiger partial charge is 0.225 e. The van der Waals surface area contributed by atoms with Crippen LogP contribution in [0.3, 0.4) is 0 Å². The first-order valence-electron chi connectivity index (χ1n) is 6.91. The van der Waals surface area contributed by atoms with Crippen LogP contribution in [0.5, 0.6) is 0 Å². The number of rotatable bonds is 4. The van der Waals surface area contributed by atoms with E-state index in [0.29, 0.717) is 6.42 Å². The quantitative estimate of drug-likeness (QED) is 0.849. The van der Waals surface area contributed by atoms with Crippen LogP contribution in [0.1, 0.15) is 26.2 Å². The SMILES string of the molecule is CC1CCN(CCC(=O)Nc2ccc(Br)cc2)CC1.[Cl-]. The normalized spacial score (nSPS) is 16.5. The molecule has 0 bridgehead atoms.